The summed E-state index contributed by atoms with van der Waals surface area (Å²) in [5.41, 5.74) is 0. The molecule has 0 saturated carbocycles. The third-order valence-electron chi connectivity index (χ3n) is 4.35. The highest BCUT2D eigenvalue weighted by atomic mass is 32.1. The van der Waals surface area contributed by atoms with Gasteiger partial charge in [0.1, 0.15) is 0 Å². The Bertz CT molecular complexity index is 714. The molecule has 0 aliphatic carbocycles. The summed E-state index contributed by atoms with van der Waals surface area (Å²) in [5.74, 6) is 0.569. The molecule has 1 aliphatic rings. The fourth-order valence-corrected chi connectivity index (χ4v) is 3.89. The molecule has 1 atom stereocenters. The molecule has 0 radical (unpaired) electrons. The summed E-state index contributed by atoms with van der Waals surface area (Å²) in [6, 6.07) is 5.54. The number of piperidine rings is 1. The van der Waals surface area contributed by atoms with Crippen LogP contribution in [-0.4, -0.2) is 40.9 Å². The van der Waals surface area contributed by atoms with Crippen molar-refractivity contribution >= 4 is 29.1 Å². The zero-order valence-electron chi connectivity index (χ0n) is 14.7. The summed E-state index contributed by atoms with van der Waals surface area (Å²) in [4.78, 5) is 35.6. The molecule has 1 aliphatic heterocycles. The monoisotopic (exact) mass is 373 g/mol. The smallest absolute Gasteiger partial charge is 0.225 e. The minimum Gasteiger partial charge on any atom is -0.353 e. The van der Waals surface area contributed by atoms with Gasteiger partial charge in [0.05, 0.1) is 12.5 Å². The second kappa shape index (κ2) is 8.75. The largest absolute Gasteiger partial charge is 0.353 e. The van der Waals surface area contributed by atoms with Gasteiger partial charge in [-0.2, -0.15) is 0 Å². The van der Waals surface area contributed by atoms with E-state index in [2.05, 4.69) is 25.5 Å². The first kappa shape index (κ1) is 18.3. The number of hydrogen-bond acceptors (Lipinski definition) is 6. The van der Waals surface area contributed by atoms with Gasteiger partial charge in [-0.15, -0.1) is 11.3 Å². The molecule has 3 rings (SSSR count). The number of nitrogens with one attached hydrogen (secondary N) is 2. The van der Waals surface area contributed by atoms with E-state index in [0.717, 1.165) is 36.8 Å². The van der Waals surface area contributed by atoms with Crippen molar-refractivity contribution in [2.45, 2.75) is 38.3 Å². The number of amides is 2. The topological polar surface area (TPSA) is 87.2 Å². The maximum absolute atomic E-state index is 12.5. The first-order chi connectivity index (χ1) is 12.6. The summed E-state index contributed by atoms with van der Waals surface area (Å²) in [6.45, 7) is 3.10. The molecule has 3 heterocycles. The summed E-state index contributed by atoms with van der Waals surface area (Å²) >= 11 is 1.54. The van der Waals surface area contributed by atoms with Crippen molar-refractivity contribution in [1.82, 2.24) is 20.6 Å². The summed E-state index contributed by atoms with van der Waals surface area (Å²) < 4.78 is 0. The van der Waals surface area contributed by atoms with E-state index < -0.39 is 0 Å². The van der Waals surface area contributed by atoms with E-state index in [4.69, 9.17) is 0 Å². The Morgan fingerprint density at radius 3 is 2.62 bits per heavy atom. The molecule has 2 aromatic heterocycles. The van der Waals surface area contributed by atoms with Gasteiger partial charge in [0, 0.05) is 43.3 Å². The van der Waals surface area contributed by atoms with Crippen LogP contribution in [0, 0.1) is 0 Å². The molecule has 2 aromatic rings. The third-order valence-corrected chi connectivity index (χ3v) is 5.33. The number of aromatic nitrogens is 2. The average molecular weight is 373 g/mol. The minimum absolute atomic E-state index is 0.0356. The van der Waals surface area contributed by atoms with Crippen LogP contribution in [-0.2, 0) is 9.59 Å². The van der Waals surface area contributed by atoms with E-state index in [-0.39, 0.29) is 30.3 Å². The molecular weight excluding hydrogens is 350 g/mol. The summed E-state index contributed by atoms with van der Waals surface area (Å²) in [6.07, 6.45) is 5.44. The van der Waals surface area contributed by atoms with Crippen molar-refractivity contribution < 1.29 is 9.59 Å². The molecule has 138 valence electrons. The number of rotatable bonds is 6. The quantitative estimate of drug-likeness (QED) is 0.807. The normalized spacial score (nSPS) is 16.1. The van der Waals surface area contributed by atoms with Crippen LogP contribution in [0.4, 0.5) is 5.95 Å². The minimum atomic E-state index is -0.273. The van der Waals surface area contributed by atoms with Gasteiger partial charge in [0.25, 0.3) is 0 Å². The Morgan fingerprint density at radius 1 is 1.27 bits per heavy atom. The van der Waals surface area contributed by atoms with E-state index >= 15 is 0 Å². The van der Waals surface area contributed by atoms with Gasteiger partial charge in [-0.05, 0) is 30.4 Å². The van der Waals surface area contributed by atoms with E-state index in [9.17, 15) is 9.59 Å². The third kappa shape index (κ3) is 5.01. The number of carbonyl (C=O) groups excluding carboxylic acids is 2. The van der Waals surface area contributed by atoms with Gasteiger partial charge in [-0.1, -0.05) is 6.07 Å². The van der Waals surface area contributed by atoms with Crippen molar-refractivity contribution in [2.24, 2.45) is 0 Å². The molecule has 7 nitrogen and oxygen atoms in total. The van der Waals surface area contributed by atoms with Crippen LogP contribution in [0.3, 0.4) is 0 Å². The van der Waals surface area contributed by atoms with Crippen molar-refractivity contribution in [2.75, 3.05) is 18.0 Å². The molecule has 8 heteroatoms. The molecule has 0 spiro atoms. The van der Waals surface area contributed by atoms with Crippen molar-refractivity contribution in [3.8, 4) is 0 Å². The van der Waals surface area contributed by atoms with Crippen LogP contribution in [0.15, 0.2) is 36.0 Å². The highest BCUT2D eigenvalue weighted by molar-refractivity contribution is 7.10. The van der Waals surface area contributed by atoms with E-state index in [1.54, 1.807) is 29.8 Å². The predicted molar refractivity (Wildman–Crippen MR) is 101 cm³/mol. The zero-order chi connectivity index (χ0) is 18.4. The van der Waals surface area contributed by atoms with Crippen LogP contribution >= 0.6 is 11.3 Å². The van der Waals surface area contributed by atoms with Gasteiger partial charge in [-0.3, -0.25) is 9.59 Å². The van der Waals surface area contributed by atoms with Crippen LogP contribution in [0.25, 0.3) is 0 Å². The zero-order valence-corrected chi connectivity index (χ0v) is 15.5. The van der Waals surface area contributed by atoms with Crippen molar-refractivity contribution in [1.29, 1.82) is 0 Å². The molecule has 2 N–H and O–H groups in total. The van der Waals surface area contributed by atoms with Gasteiger partial charge >= 0.3 is 0 Å². The molecule has 1 fully saturated rings. The maximum Gasteiger partial charge on any atom is 0.225 e. The standard InChI is InChI=1S/C18H23N5O2S/c1-13(24)21-15(16-4-2-11-26-16)12-17(25)22-14-5-9-23(10-6-14)18-19-7-3-8-20-18/h2-4,7-8,11,14-15H,5-6,9-10,12H2,1H3,(H,21,24)(H,22,25). The van der Waals surface area contributed by atoms with E-state index in [1.165, 1.54) is 6.92 Å². The lowest BCUT2D eigenvalue weighted by Crippen LogP contribution is -2.45. The first-order valence-corrected chi connectivity index (χ1v) is 9.61. The SMILES string of the molecule is CC(=O)NC(CC(=O)NC1CCN(c2ncccn2)CC1)c1cccs1. The highest BCUT2D eigenvalue weighted by Crippen LogP contribution is 2.22. The molecule has 0 aromatic carbocycles. The second-order valence-electron chi connectivity index (χ2n) is 6.35. The molecular formula is C18H23N5O2S. The van der Waals surface area contributed by atoms with Gasteiger partial charge in [0.15, 0.2) is 0 Å². The summed E-state index contributed by atoms with van der Waals surface area (Å²) in [5, 5.41) is 7.92. The Morgan fingerprint density at radius 2 is 2.00 bits per heavy atom. The second-order valence-corrected chi connectivity index (χ2v) is 7.33. The molecule has 0 bridgehead atoms. The fraction of sp³-hybridized carbons (Fsp3) is 0.444. The van der Waals surface area contributed by atoms with Crippen LogP contribution in [0.1, 0.15) is 37.1 Å². The van der Waals surface area contributed by atoms with Crippen molar-refractivity contribution in [3.63, 3.8) is 0 Å². The van der Waals surface area contributed by atoms with Crippen LogP contribution in [0.5, 0.6) is 0 Å². The lowest BCUT2D eigenvalue weighted by atomic mass is 10.0. The highest BCUT2D eigenvalue weighted by Gasteiger charge is 2.24. The lowest BCUT2D eigenvalue weighted by Gasteiger charge is -2.32. The van der Waals surface area contributed by atoms with E-state index in [1.807, 2.05) is 17.5 Å². The Balaban J connectivity index is 1.49. The Labute approximate surface area is 156 Å². The van der Waals surface area contributed by atoms with Gasteiger partial charge in [-0.25, -0.2) is 9.97 Å². The van der Waals surface area contributed by atoms with Crippen LogP contribution in [0.2, 0.25) is 0 Å². The van der Waals surface area contributed by atoms with Gasteiger partial charge < -0.3 is 15.5 Å². The summed E-state index contributed by atoms with van der Waals surface area (Å²) in [7, 11) is 0. The molecule has 2 amide bonds. The van der Waals surface area contributed by atoms with Crippen molar-refractivity contribution in [3.05, 3.63) is 40.8 Å². The first-order valence-electron chi connectivity index (χ1n) is 8.73. The van der Waals surface area contributed by atoms with E-state index in [0.29, 0.717) is 0 Å². The Hall–Kier alpha value is -2.48. The Kier molecular flexibility index (Phi) is 6.17. The number of carbonyl (C=O) groups is 2. The molecule has 26 heavy (non-hydrogen) atoms. The fourth-order valence-electron chi connectivity index (χ4n) is 3.11. The van der Waals surface area contributed by atoms with Gasteiger partial charge in [0.2, 0.25) is 17.8 Å². The number of hydrogen-bond donors (Lipinski definition) is 2. The maximum atomic E-state index is 12.5. The predicted octanol–water partition coefficient (Wildman–Crippen LogP) is 1.89. The molecule has 1 unspecified atom stereocenters. The number of thiophene rings is 1. The lowest BCUT2D eigenvalue weighted by molar-refractivity contribution is -0.123. The number of nitrogens with zero attached hydrogens (tertiary/aromatic N) is 3. The average Bonchev–Trinajstić information content (AvgIpc) is 3.17. The molecule has 1 saturated heterocycles. The number of anilines is 1. The van der Waals surface area contributed by atoms with Crippen LogP contribution < -0.4 is 15.5 Å².